The molecule has 0 saturated carbocycles. The van der Waals surface area contributed by atoms with Crippen LogP contribution < -0.4 is 14.2 Å². The summed E-state index contributed by atoms with van der Waals surface area (Å²) >= 11 is 3.38. The second kappa shape index (κ2) is 54.3. The molecule has 6 aromatic rings. The van der Waals surface area contributed by atoms with E-state index >= 15 is 0 Å². The zero-order chi connectivity index (χ0) is 77.6. The van der Waals surface area contributed by atoms with Crippen LogP contribution in [0.3, 0.4) is 0 Å². The molecule has 0 radical (unpaired) electrons. The average Bonchev–Trinajstić information content (AvgIpc) is 0.815. The van der Waals surface area contributed by atoms with Crippen LogP contribution in [0, 0.1) is 20.8 Å². The van der Waals surface area contributed by atoms with E-state index in [1.807, 2.05) is 176 Å². The van der Waals surface area contributed by atoms with E-state index in [-0.39, 0.29) is 111 Å². The van der Waals surface area contributed by atoms with Gasteiger partial charge >= 0.3 is 18.5 Å². The van der Waals surface area contributed by atoms with Gasteiger partial charge in [-0.25, -0.2) is 0 Å². The molecule has 0 aliphatic heterocycles. The number of nitrogens with zero attached hydrogens (tertiary/aromatic N) is 4. The van der Waals surface area contributed by atoms with Crippen molar-refractivity contribution in [1.82, 2.24) is 19.6 Å². The number of hydrogen-bond acceptors (Lipinski definition) is 15. The molecule has 0 spiro atoms. The van der Waals surface area contributed by atoms with Crippen molar-refractivity contribution in [2.45, 2.75) is 211 Å². The SMILES string of the molecule is C=CC(=O)N(C(C)C)C(C)C.CC(C)N(CCC(c1ccccc1)c1cc(CO)ccc1O)C(C)C.COc1ccc(C)cc1/C=C/C(=O)N(C(C)C)C(C)C.COc1ccc(C)cc1Br.COc1ccc(C)cc1C(CC(=O)N(C(C)C)C(C)C)c1ccccc1.O=C=O.O=C=O.O=C=O.[Pd]. The molecule has 6 aromatic carbocycles. The van der Waals surface area contributed by atoms with Crippen molar-refractivity contribution >= 4 is 58.2 Å². The summed E-state index contributed by atoms with van der Waals surface area (Å²) in [5.41, 5.74) is 9.59. The Morgan fingerprint density at radius 2 is 0.882 bits per heavy atom. The van der Waals surface area contributed by atoms with Crippen molar-refractivity contribution < 1.29 is 88.0 Å². The number of methoxy groups -OCH3 is 3. The number of aromatic hydroxyl groups is 1. The second-order valence-corrected chi connectivity index (χ2v) is 26.5. The Labute approximate surface area is 630 Å². The number of halogens is 1. The number of phenols is 1. The fourth-order valence-corrected chi connectivity index (χ4v) is 12.2. The molecule has 0 aromatic heterocycles. The Bertz CT molecular complexity index is 3440. The number of ether oxygens (including phenoxy) is 3. The molecule has 3 amide bonds. The maximum Gasteiger partial charge on any atom is 0.373 e. The van der Waals surface area contributed by atoms with Crippen LogP contribution >= 0.6 is 15.9 Å². The number of rotatable bonds is 24. The molecular formula is C82H113BrN4O14Pd. The van der Waals surface area contributed by atoms with Gasteiger partial charge in [-0.2, -0.15) is 28.8 Å². The monoisotopic (exact) mass is 1560 g/mol. The first-order chi connectivity index (χ1) is 47.6. The van der Waals surface area contributed by atoms with E-state index in [9.17, 15) is 24.6 Å². The fraction of sp³-hybridized carbons (Fsp3) is 0.439. The topological polar surface area (TPSA) is 235 Å². The Hall–Kier alpha value is -8.39. The molecule has 2 atom stereocenters. The van der Waals surface area contributed by atoms with Crippen LogP contribution in [0.15, 0.2) is 157 Å². The third-order valence-electron chi connectivity index (χ3n) is 15.6. The number of aliphatic hydroxyl groups is 1. The van der Waals surface area contributed by atoms with Crippen LogP contribution in [0.4, 0.5) is 0 Å². The first kappa shape index (κ1) is 97.8. The molecule has 0 saturated heterocycles. The Balaban J connectivity index is -0.00000120. The van der Waals surface area contributed by atoms with Crippen LogP contribution in [0.1, 0.15) is 186 Å². The summed E-state index contributed by atoms with van der Waals surface area (Å²) in [7, 11) is 4.99. The Kier molecular flexibility index (Phi) is 52.1. The Morgan fingerprint density at radius 1 is 0.490 bits per heavy atom. The number of benzene rings is 6. The quantitative estimate of drug-likeness (QED) is 0.0423. The molecule has 0 bridgehead atoms. The van der Waals surface area contributed by atoms with Gasteiger partial charge in [0.25, 0.3) is 0 Å². The van der Waals surface area contributed by atoms with Gasteiger partial charge in [-0.05, 0) is 237 Å². The van der Waals surface area contributed by atoms with E-state index in [2.05, 4.69) is 120 Å². The third-order valence-corrected chi connectivity index (χ3v) is 16.2. The molecule has 20 heteroatoms. The van der Waals surface area contributed by atoms with Crippen molar-refractivity contribution in [2.75, 3.05) is 27.9 Å². The second-order valence-electron chi connectivity index (χ2n) is 25.7. The van der Waals surface area contributed by atoms with Gasteiger partial charge in [-0.3, -0.25) is 19.3 Å². The molecular weight excluding hydrogens is 1450 g/mol. The standard InChI is InChI=1S/C23H31NO2.C22H31NO2.C17H25NO2.C9H17NO.C8H9BrO.3CO2.Pd/c1-16(2)24(17(3)4)23(25)15-20(19-10-8-7-9-11-19)21-14-18(5)12-13-22(21)26-6;1-16(2)23(17(3)4)13-12-20(19-8-6-5-7-9-19)21-14-18(15-24)10-11-22(21)25;1-12(2)18(13(3)4)17(19)10-8-15-11-14(5)7-9-16(15)20-6;1-6-9(11)10(7(2)3)8(4)5;1-6-3-4-8(10-2)7(9)5-6;3*2-1-3;/h7-14,16-17,20H,15H2,1-6H3;5-11,14,16-17,20,24-25H,12-13,15H2,1-4H3;7-13H,1-6H3;6-8H,1H2,2-5H3;3-5H,1-2H3;;;;/b;;10-8+;;;;;;. The third kappa shape index (κ3) is 36.5. The first-order valence-electron chi connectivity index (χ1n) is 33.8. The van der Waals surface area contributed by atoms with Crippen LogP contribution in [-0.4, -0.2) is 142 Å². The van der Waals surface area contributed by atoms with Gasteiger partial charge in [0.15, 0.2) is 0 Å². The molecule has 102 heavy (non-hydrogen) atoms. The van der Waals surface area contributed by atoms with E-state index in [0.29, 0.717) is 24.3 Å². The number of aryl methyl sites for hydroxylation is 3. The maximum absolute atomic E-state index is 13.2. The van der Waals surface area contributed by atoms with E-state index in [1.54, 1.807) is 44.4 Å². The number of phenolic OH excluding ortho intramolecular Hbond substituents is 1. The minimum Gasteiger partial charge on any atom is -0.508 e. The largest absolute Gasteiger partial charge is 0.508 e. The summed E-state index contributed by atoms with van der Waals surface area (Å²) in [6, 6.07) is 46.2. The number of carbonyl (C=O) groups is 3. The van der Waals surface area contributed by atoms with Crippen molar-refractivity contribution in [2.24, 2.45) is 0 Å². The molecule has 18 nitrogen and oxygen atoms in total. The van der Waals surface area contributed by atoms with E-state index in [1.165, 1.54) is 22.8 Å². The number of amides is 3. The molecule has 6 rings (SSSR count). The molecule has 0 aliphatic carbocycles. The van der Waals surface area contributed by atoms with Gasteiger partial charge in [0, 0.05) is 110 Å². The zero-order valence-electron chi connectivity index (χ0n) is 64.0. The predicted molar refractivity (Wildman–Crippen MR) is 403 cm³/mol. The van der Waals surface area contributed by atoms with Gasteiger partial charge < -0.3 is 39.1 Å². The van der Waals surface area contributed by atoms with E-state index < -0.39 is 0 Å². The van der Waals surface area contributed by atoms with Crippen LogP contribution in [0.2, 0.25) is 0 Å². The molecule has 2 unspecified atom stereocenters. The zero-order valence-corrected chi connectivity index (χ0v) is 67.2. The van der Waals surface area contributed by atoms with E-state index in [4.69, 9.17) is 43.0 Å². The summed E-state index contributed by atoms with van der Waals surface area (Å²) in [6.07, 6.45) is 6.91. The fourth-order valence-electron chi connectivity index (χ4n) is 11.5. The Morgan fingerprint density at radius 3 is 1.26 bits per heavy atom. The van der Waals surface area contributed by atoms with Gasteiger partial charge in [-0.1, -0.05) is 109 Å². The minimum atomic E-state index is -0.0291. The van der Waals surface area contributed by atoms with Gasteiger partial charge in [0.1, 0.15) is 23.0 Å². The van der Waals surface area contributed by atoms with Crippen LogP contribution in [0.5, 0.6) is 23.0 Å². The molecule has 0 fully saturated rings. The van der Waals surface area contributed by atoms with Gasteiger partial charge in [0.05, 0.1) is 32.4 Å². The summed E-state index contributed by atoms with van der Waals surface area (Å²) in [4.78, 5) is 93.5. The summed E-state index contributed by atoms with van der Waals surface area (Å²) in [6.45, 7) is 43.8. The smallest absolute Gasteiger partial charge is 0.373 e. The number of hydrogen-bond donors (Lipinski definition) is 2. The van der Waals surface area contributed by atoms with Gasteiger partial charge in [-0.15, -0.1) is 0 Å². The molecule has 562 valence electrons. The first-order valence-corrected chi connectivity index (χ1v) is 34.5. The summed E-state index contributed by atoms with van der Waals surface area (Å²) in [5.74, 6) is 3.07. The number of aliphatic hydroxyl groups excluding tert-OH is 1. The summed E-state index contributed by atoms with van der Waals surface area (Å²) < 4.78 is 17.0. The van der Waals surface area contributed by atoms with Crippen molar-refractivity contribution in [3.05, 3.63) is 207 Å². The van der Waals surface area contributed by atoms with Crippen molar-refractivity contribution in [3.63, 3.8) is 0 Å². The van der Waals surface area contributed by atoms with Crippen molar-refractivity contribution in [3.8, 4) is 23.0 Å². The predicted octanol–water partition coefficient (Wildman–Crippen LogP) is 16.2. The normalized spacial score (nSPS) is 10.8. The van der Waals surface area contributed by atoms with Crippen LogP contribution in [-0.2, 0) is 70.2 Å². The van der Waals surface area contributed by atoms with E-state index in [0.717, 1.165) is 68.1 Å². The summed E-state index contributed by atoms with van der Waals surface area (Å²) in [5, 5.41) is 19.9. The maximum atomic E-state index is 13.2. The van der Waals surface area contributed by atoms with Crippen LogP contribution in [0.25, 0.3) is 6.08 Å². The van der Waals surface area contributed by atoms with Gasteiger partial charge in [0.2, 0.25) is 17.7 Å². The number of carbonyl (C=O) groups excluding carboxylic acids is 9. The molecule has 0 heterocycles. The minimum absolute atomic E-state index is 0. The molecule has 0 aliphatic rings. The van der Waals surface area contributed by atoms with Crippen molar-refractivity contribution in [1.29, 1.82) is 0 Å². The average molecular weight is 1570 g/mol. The molecule has 2 N–H and O–H groups in total.